The highest BCUT2D eigenvalue weighted by Crippen LogP contribution is 2.23. The molecule has 3 aromatic rings. The van der Waals surface area contributed by atoms with Gasteiger partial charge in [0.1, 0.15) is 0 Å². The molecule has 0 aliphatic heterocycles. The van der Waals surface area contributed by atoms with Gasteiger partial charge in [-0.05, 0) is 30.0 Å². The molecule has 2 heterocycles. The number of carbonyl (C=O) groups is 1. The number of rotatable bonds is 9. The topological polar surface area (TPSA) is 80.5 Å². The van der Waals surface area contributed by atoms with E-state index in [1.807, 2.05) is 53.6 Å². The van der Waals surface area contributed by atoms with Crippen molar-refractivity contribution in [3.63, 3.8) is 0 Å². The summed E-state index contributed by atoms with van der Waals surface area (Å²) in [5.41, 5.74) is 1.83. The molecule has 27 heavy (non-hydrogen) atoms. The van der Waals surface area contributed by atoms with Crippen LogP contribution in [-0.4, -0.2) is 47.8 Å². The van der Waals surface area contributed by atoms with Gasteiger partial charge in [0.25, 0.3) is 5.89 Å². The number of thiophene rings is 1. The first-order valence-electron chi connectivity index (χ1n) is 8.58. The fourth-order valence-corrected chi connectivity index (χ4v) is 3.19. The predicted octanol–water partition coefficient (Wildman–Crippen LogP) is 3.19. The molecule has 0 fully saturated rings. The number of aromatic nitrogens is 2. The molecule has 0 saturated heterocycles. The molecule has 7 nitrogen and oxygen atoms in total. The van der Waals surface area contributed by atoms with Crippen molar-refractivity contribution in [1.29, 1.82) is 0 Å². The van der Waals surface area contributed by atoms with E-state index < -0.39 is 0 Å². The van der Waals surface area contributed by atoms with Crippen LogP contribution in [0.5, 0.6) is 0 Å². The second-order valence-corrected chi connectivity index (χ2v) is 6.99. The van der Waals surface area contributed by atoms with Crippen LogP contribution in [0, 0.1) is 6.92 Å². The summed E-state index contributed by atoms with van der Waals surface area (Å²) in [4.78, 5) is 15.3. The van der Waals surface area contributed by atoms with Crippen molar-refractivity contribution in [3.8, 4) is 10.8 Å². The number of hydrogen-bond acceptors (Lipinski definition) is 7. The number of anilines is 1. The van der Waals surface area contributed by atoms with Crippen LogP contribution in [0.3, 0.4) is 0 Å². The van der Waals surface area contributed by atoms with Gasteiger partial charge in [0, 0.05) is 19.3 Å². The Morgan fingerprint density at radius 3 is 2.85 bits per heavy atom. The monoisotopic (exact) mass is 386 g/mol. The SMILES string of the molecule is COCCN(CC(=O)Nc1ccccc1C)Cc1nnc(-c2cccs2)o1. The molecule has 0 radical (unpaired) electrons. The molecule has 142 valence electrons. The van der Waals surface area contributed by atoms with E-state index in [2.05, 4.69) is 15.5 Å². The number of nitrogens with one attached hydrogen (secondary N) is 1. The first-order chi connectivity index (χ1) is 13.2. The van der Waals surface area contributed by atoms with Crippen molar-refractivity contribution < 1.29 is 13.9 Å². The fourth-order valence-electron chi connectivity index (χ4n) is 2.55. The lowest BCUT2D eigenvalue weighted by atomic mass is 10.2. The van der Waals surface area contributed by atoms with E-state index in [-0.39, 0.29) is 12.5 Å². The smallest absolute Gasteiger partial charge is 0.257 e. The maximum atomic E-state index is 12.5. The summed E-state index contributed by atoms with van der Waals surface area (Å²) in [5.74, 6) is 0.868. The molecular weight excluding hydrogens is 364 g/mol. The summed E-state index contributed by atoms with van der Waals surface area (Å²) in [6, 6.07) is 11.6. The number of benzene rings is 1. The van der Waals surface area contributed by atoms with E-state index in [0.717, 1.165) is 16.1 Å². The van der Waals surface area contributed by atoms with E-state index in [1.54, 1.807) is 18.4 Å². The molecule has 0 unspecified atom stereocenters. The van der Waals surface area contributed by atoms with Crippen LogP contribution in [0.2, 0.25) is 0 Å². The summed E-state index contributed by atoms with van der Waals surface area (Å²) >= 11 is 1.54. The molecule has 0 spiro atoms. The molecular formula is C19H22N4O3S. The van der Waals surface area contributed by atoms with Gasteiger partial charge in [-0.3, -0.25) is 9.69 Å². The number of carbonyl (C=O) groups excluding carboxylic acids is 1. The standard InChI is InChI=1S/C19H22N4O3S/c1-14-6-3-4-7-15(14)20-17(24)12-23(9-10-25-2)13-18-21-22-19(26-18)16-8-5-11-27-16/h3-8,11H,9-10,12-13H2,1-2H3,(H,20,24). The summed E-state index contributed by atoms with van der Waals surface area (Å²) in [5, 5.41) is 13.1. The van der Waals surface area contributed by atoms with Crippen molar-refractivity contribution in [2.24, 2.45) is 0 Å². The molecule has 1 amide bonds. The average molecular weight is 386 g/mol. The molecule has 8 heteroatoms. The highest BCUT2D eigenvalue weighted by Gasteiger charge is 2.16. The van der Waals surface area contributed by atoms with Crippen molar-refractivity contribution >= 4 is 22.9 Å². The number of amides is 1. The van der Waals surface area contributed by atoms with Crippen LogP contribution in [0.4, 0.5) is 5.69 Å². The Hall–Kier alpha value is -2.55. The van der Waals surface area contributed by atoms with Crippen LogP contribution >= 0.6 is 11.3 Å². The van der Waals surface area contributed by atoms with E-state index >= 15 is 0 Å². The molecule has 1 aromatic carbocycles. The number of ether oxygens (including phenoxy) is 1. The van der Waals surface area contributed by atoms with Crippen LogP contribution < -0.4 is 5.32 Å². The number of nitrogens with zero attached hydrogens (tertiary/aromatic N) is 3. The van der Waals surface area contributed by atoms with Crippen LogP contribution in [-0.2, 0) is 16.1 Å². The first-order valence-corrected chi connectivity index (χ1v) is 9.46. The third-order valence-electron chi connectivity index (χ3n) is 3.96. The molecule has 0 saturated carbocycles. The Balaban J connectivity index is 1.63. The van der Waals surface area contributed by atoms with E-state index in [9.17, 15) is 4.79 Å². The van der Waals surface area contributed by atoms with Gasteiger partial charge in [0.05, 0.1) is 24.6 Å². The van der Waals surface area contributed by atoms with Crippen molar-refractivity contribution in [1.82, 2.24) is 15.1 Å². The average Bonchev–Trinajstić information content (AvgIpc) is 3.33. The zero-order valence-corrected chi connectivity index (χ0v) is 16.2. The molecule has 0 bridgehead atoms. The molecule has 1 N–H and O–H groups in total. The van der Waals surface area contributed by atoms with Crippen LogP contribution in [0.25, 0.3) is 10.8 Å². The Morgan fingerprint density at radius 2 is 2.11 bits per heavy atom. The zero-order valence-electron chi connectivity index (χ0n) is 15.3. The normalized spacial score (nSPS) is 11.1. The lowest BCUT2D eigenvalue weighted by molar-refractivity contribution is -0.117. The van der Waals surface area contributed by atoms with Crippen molar-refractivity contribution in [3.05, 3.63) is 53.2 Å². The summed E-state index contributed by atoms with van der Waals surface area (Å²) in [7, 11) is 1.63. The van der Waals surface area contributed by atoms with Gasteiger partial charge in [-0.2, -0.15) is 0 Å². The Morgan fingerprint density at radius 1 is 1.26 bits per heavy atom. The van der Waals surface area contributed by atoms with Crippen molar-refractivity contribution in [2.75, 3.05) is 32.1 Å². The highest BCUT2D eigenvalue weighted by molar-refractivity contribution is 7.13. The summed E-state index contributed by atoms with van der Waals surface area (Å²) in [6.45, 7) is 3.62. The predicted molar refractivity (Wildman–Crippen MR) is 105 cm³/mol. The van der Waals surface area contributed by atoms with Crippen molar-refractivity contribution in [2.45, 2.75) is 13.5 Å². The number of methoxy groups -OCH3 is 1. The largest absolute Gasteiger partial charge is 0.419 e. The number of hydrogen-bond donors (Lipinski definition) is 1. The zero-order chi connectivity index (χ0) is 19.1. The van der Waals surface area contributed by atoms with E-state index in [1.165, 1.54) is 0 Å². The molecule has 0 atom stereocenters. The van der Waals surface area contributed by atoms with Gasteiger partial charge in [0.15, 0.2) is 0 Å². The third kappa shape index (κ3) is 5.46. The minimum Gasteiger partial charge on any atom is -0.419 e. The molecule has 2 aromatic heterocycles. The fraction of sp³-hybridized carbons (Fsp3) is 0.316. The maximum Gasteiger partial charge on any atom is 0.257 e. The van der Waals surface area contributed by atoms with Gasteiger partial charge in [0.2, 0.25) is 11.8 Å². The summed E-state index contributed by atoms with van der Waals surface area (Å²) in [6.07, 6.45) is 0. The van der Waals surface area contributed by atoms with Gasteiger partial charge in [-0.1, -0.05) is 24.3 Å². The highest BCUT2D eigenvalue weighted by atomic mass is 32.1. The van der Waals surface area contributed by atoms with Gasteiger partial charge < -0.3 is 14.5 Å². The summed E-state index contributed by atoms with van der Waals surface area (Å²) < 4.78 is 10.9. The number of para-hydroxylation sites is 1. The quantitative estimate of drug-likeness (QED) is 0.608. The Bertz CT molecular complexity index is 863. The Labute approximate surface area is 162 Å². The number of aryl methyl sites for hydroxylation is 1. The molecule has 0 aliphatic carbocycles. The van der Waals surface area contributed by atoms with Gasteiger partial charge in [-0.15, -0.1) is 21.5 Å². The molecule has 0 aliphatic rings. The second kappa shape index (κ2) is 9.40. The first kappa shape index (κ1) is 19.2. The van der Waals surface area contributed by atoms with E-state index in [0.29, 0.717) is 31.5 Å². The minimum absolute atomic E-state index is 0.0987. The minimum atomic E-state index is -0.0987. The third-order valence-corrected chi connectivity index (χ3v) is 4.81. The maximum absolute atomic E-state index is 12.5. The Kier molecular flexibility index (Phi) is 6.69. The van der Waals surface area contributed by atoms with E-state index in [4.69, 9.17) is 9.15 Å². The second-order valence-electron chi connectivity index (χ2n) is 6.04. The van der Waals surface area contributed by atoms with Crippen LogP contribution in [0.15, 0.2) is 46.2 Å². The lowest BCUT2D eigenvalue weighted by Gasteiger charge is -2.19. The lowest BCUT2D eigenvalue weighted by Crippen LogP contribution is -2.35. The van der Waals surface area contributed by atoms with Gasteiger partial charge in [-0.25, -0.2) is 0 Å². The van der Waals surface area contributed by atoms with Crippen LogP contribution in [0.1, 0.15) is 11.5 Å². The van der Waals surface area contributed by atoms with Gasteiger partial charge >= 0.3 is 0 Å². The molecule has 3 rings (SSSR count).